The van der Waals surface area contributed by atoms with Crippen LogP contribution in [0.4, 0.5) is 24.1 Å². The fraction of sp³-hybridized carbons (Fsp3) is 0.579. The fourth-order valence-corrected chi connectivity index (χ4v) is 12.2. The van der Waals surface area contributed by atoms with Gasteiger partial charge < -0.3 is 20.3 Å². The Hall–Kier alpha value is -3.42. The summed E-state index contributed by atoms with van der Waals surface area (Å²) in [4.78, 5) is 34.4. The Bertz CT molecular complexity index is 2150. The summed E-state index contributed by atoms with van der Waals surface area (Å²) < 4.78 is 53.1. The van der Waals surface area contributed by atoms with E-state index in [2.05, 4.69) is 31.6 Å². The number of likely N-dealkylation sites (tertiary alicyclic amines) is 1. The first-order valence-electron chi connectivity index (χ1n) is 18.6. The van der Waals surface area contributed by atoms with Crippen LogP contribution < -0.4 is 15.4 Å². The van der Waals surface area contributed by atoms with E-state index in [1.807, 2.05) is 0 Å². The van der Waals surface area contributed by atoms with Gasteiger partial charge in [-0.15, -0.1) is 0 Å². The number of fused-ring (bicyclic) bond motifs is 4. The third-order valence-electron chi connectivity index (χ3n) is 13.4. The number of alkyl halides is 1. The molecule has 6 fully saturated rings. The minimum absolute atomic E-state index is 0.0241. The number of aromatic nitrogens is 3. The lowest BCUT2D eigenvalue weighted by atomic mass is 9.54. The van der Waals surface area contributed by atoms with Gasteiger partial charge in [0.15, 0.2) is 10.9 Å². The minimum Gasteiger partial charge on any atom is -0.461 e. The summed E-state index contributed by atoms with van der Waals surface area (Å²) in [5.74, 6) is 1.14. The third kappa shape index (κ3) is 4.90. The normalized spacial score (nSPS) is 32.5. The molecule has 2 bridgehead atoms. The van der Waals surface area contributed by atoms with Crippen molar-refractivity contribution in [1.82, 2.24) is 24.8 Å². The summed E-state index contributed by atoms with van der Waals surface area (Å²) in [5, 5.41) is 0.729. The van der Waals surface area contributed by atoms with Gasteiger partial charge in [0, 0.05) is 55.7 Å². The van der Waals surface area contributed by atoms with E-state index in [4.69, 9.17) is 27.1 Å². The number of carbonyl (C=O) groups excluding carboxylic acids is 1. The Kier molecular flexibility index (Phi) is 7.52. The van der Waals surface area contributed by atoms with Crippen LogP contribution in [0.2, 0.25) is 5.02 Å². The number of carbonyl (C=O) groups is 1. The number of nitrogens with two attached hydrogens (primary N) is 1. The molecular formula is C38H41ClF3N7O2S. The standard InChI is InChI=1S/C38H41ClF3N7O2S/c1-19-5-8-47(14-19)34(50)38-11-20-9-25(38)21(12-38)16-48(15-20)33-24-10-26(39)28(23-3-4-27(41)32-31(23)44-35(43)52-32)29(42)30(24)45-36(46-33)51-18-37-6-2-7-49(37)17-22(40)13-37/h3-4,10,19-22,25H,2,5-9,11-18H2,1H3,(H2,43,44)/t19-,20?,21?,22+,25?,37-,38?/m0/s1. The van der Waals surface area contributed by atoms with Crippen molar-refractivity contribution in [3.05, 3.63) is 34.9 Å². The molecule has 4 saturated heterocycles. The van der Waals surface area contributed by atoms with Gasteiger partial charge in [0.1, 0.15) is 29.9 Å². The summed E-state index contributed by atoms with van der Waals surface area (Å²) >= 11 is 7.93. The molecule has 9 nitrogen and oxygen atoms in total. The van der Waals surface area contributed by atoms with Crippen molar-refractivity contribution in [1.29, 1.82) is 0 Å². The SMILES string of the molecule is C[C@H]1CCN(C(=O)C23CC4CC2C(CN(c2nc(OC[C@@]56CCCN5C[C@H](F)C6)nc5c(F)c(-c6ccc(F)c7sc(N)nc67)c(Cl)cc25)C4)C3)C1. The van der Waals surface area contributed by atoms with E-state index >= 15 is 4.39 Å². The van der Waals surface area contributed by atoms with E-state index in [0.29, 0.717) is 66.5 Å². The van der Waals surface area contributed by atoms with Crippen molar-refractivity contribution in [3.8, 4) is 17.1 Å². The number of thiazole rings is 1. The second-order valence-electron chi connectivity index (χ2n) is 16.5. The van der Waals surface area contributed by atoms with Gasteiger partial charge in [-0.05, 0) is 86.9 Å². The summed E-state index contributed by atoms with van der Waals surface area (Å²) in [6.45, 7) is 6.67. The number of benzene rings is 2. The highest BCUT2D eigenvalue weighted by atomic mass is 35.5. The van der Waals surface area contributed by atoms with Crippen molar-refractivity contribution in [2.75, 3.05) is 56.5 Å². The van der Waals surface area contributed by atoms with Gasteiger partial charge in [-0.25, -0.2) is 18.2 Å². The lowest BCUT2D eigenvalue weighted by Crippen LogP contribution is -2.58. The molecule has 2 aliphatic carbocycles. The van der Waals surface area contributed by atoms with Gasteiger partial charge in [0.05, 0.1) is 26.2 Å². The first kappa shape index (κ1) is 33.2. The molecule has 4 aliphatic heterocycles. The average molecular weight is 752 g/mol. The highest BCUT2D eigenvalue weighted by molar-refractivity contribution is 7.22. The Labute approximate surface area is 308 Å². The zero-order chi connectivity index (χ0) is 35.7. The first-order valence-corrected chi connectivity index (χ1v) is 19.8. The number of hydrogen-bond donors (Lipinski definition) is 1. The molecule has 7 atom stereocenters. The molecule has 14 heteroatoms. The van der Waals surface area contributed by atoms with Gasteiger partial charge in [0.2, 0.25) is 5.91 Å². The largest absolute Gasteiger partial charge is 0.461 e. The van der Waals surface area contributed by atoms with Crippen LogP contribution in [0.25, 0.3) is 32.2 Å². The molecule has 6 aliphatic rings. The maximum Gasteiger partial charge on any atom is 0.319 e. The van der Waals surface area contributed by atoms with Crippen LogP contribution in [0, 0.1) is 40.7 Å². The quantitative estimate of drug-likeness (QED) is 0.223. The average Bonchev–Trinajstić information content (AvgIpc) is 3.89. The predicted molar refractivity (Wildman–Crippen MR) is 195 cm³/mol. The Morgan fingerprint density at radius 3 is 2.79 bits per heavy atom. The Morgan fingerprint density at radius 2 is 1.96 bits per heavy atom. The van der Waals surface area contributed by atoms with Crippen molar-refractivity contribution < 1.29 is 22.7 Å². The summed E-state index contributed by atoms with van der Waals surface area (Å²) in [6, 6.07) is 4.44. The van der Waals surface area contributed by atoms with Crippen LogP contribution in [0.3, 0.4) is 0 Å². The highest BCUT2D eigenvalue weighted by Crippen LogP contribution is 2.65. The second-order valence-corrected chi connectivity index (χ2v) is 18.0. The summed E-state index contributed by atoms with van der Waals surface area (Å²) in [6.07, 6.45) is 4.98. The van der Waals surface area contributed by atoms with Gasteiger partial charge >= 0.3 is 6.01 Å². The number of nitrogen functional groups attached to an aromatic ring is 1. The van der Waals surface area contributed by atoms with Gasteiger partial charge in [-0.1, -0.05) is 29.9 Å². The second kappa shape index (κ2) is 11.8. The molecule has 4 aromatic rings. The lowest BCUT2D eigenvalue weighted by molar-refractivity contribution is -0.156. The number of halogens is 4. The van der Waals surface area contributed by atoms with E-state index in [1.165, 1.54) is 12.1 Å². The molecule has 0 radical (unpaired) electrons. The van der Waals surface area contributed by atoms with Gasteiger partial charge in [-0.2, -0.15) is 9.97 Å². The zero-order valence-corrected chi connectivity index (χ0v) is 30.6. The lowest BCUT2D eigenvalue weighted by Gasteiger charge is -2.53. The molecule has 4 unspecified atom stereocenters. The minimum atomic E-state index is -0.922. The number of hydrogen-bond acceptors (Lipinski definition) is 9. The molecule has 2 aromatic heterocycles. The molecular weight excluding hydrogens is 711 g/mol. The smallest absolute Gasteiger partial charge is 0.319 e. The number of ether oxygens (including phenoxy) is 1. The molecule has 2 aromatic carbocycles. The maximum atomic E-state index is 17.1. The highest BCUT2D eigenvalue weighted by Gasteiger charge is 2.65. The first-order chi connectivity index (χ1) is 25.0. The fourth-order valence-electron chi connectivity index (χ4n) is 11.2. The Morgan fingerprint density at radius 1 is 1.10 bits per heavy atom. The molecule has 1 amide bonds. The monoisotopic (exact) mass is 751 g/mol. The molecule has 6 heterocycles. The van der Waals surface area contributed by atoms with Crippen molar-refractivity contribution >= 4 is 60.9 Å². The summed E-state index contributed by atoms with van der Waals surface area (Å²) in [7, 11) is 0. The summed E-state index contributed by atoms with van der Waals surface area (Å²) in [5.41, 5.74) is 5.88. The molecule has 0 spiro atoms. The van der Waals surface area contributed by atoms with Crippen LogP contribution in [0.15, 0.2) is 18.2 Å². The number of anilines is 2. The number of nitrogens with zero attached hydrogens (tertiary/aromatic N) is 6. The molecule has 2 saturated carbocycles. The molecule has 52 heavy (non-hydrogen) atoms. The Balaban J connectivity index is 1.04. The van der Waals surface area contributed by atoms with Crippen molar-refractivity contribution in [3.63, 3.8) is 0 Å². The molecule has 10 rings (SSSR count). The van der Waals surface area contributed by atoms with Gasteiger partial charge in [-0.3, -0.25) is 9.69 Å². The van der Waals surface area contributed by atoms with E-state index < -0.39 is 23.3 Å². The van der Waals surface area contributed by atoms with Crippen LogP contribution in [0.1, 0.15) is 51.9 Å². The van der Waals surface area contributed by atoms with Crippen LogP contribution in [0.5, 0.6) is 6.01 Å². The van der Waals surface area contributed by atoms with E-state index in [0.717, 1.165) is 69.5 Å². The van der Waals surface area contributed by atoms with Crippen molar-refractivity contribution in [2.24, 2.45) is 29.1 Å². The van der Waals surface area contributed by atoms with Crippen molar-refractivity contribution in [2.45, 2.75) is 63.6 Å². The topological polar surface area (TPSA) is 101 Å². The molecule has 274 valence electrons. The number of amides is 1. The predicted octanol–water partition coefficient (Wildman–Crippen LogP) is 7.10. The van der Waals surface area contributed by atoms with Crippen LogP contribution in [-0.4, -0.2) is 88.2 Å². The van der Waals surface area contributed by atoms with Crippen LogP contribution in [-0.2, 0) is 4.79 Å². The van der Waals surface area contributed by atoms with E-state index in [-0.39, 0.29) is 55.4 Å². The maximum absolute atomic E-state index is 17.1. The molecule has 2 N–H and O–H groups in total. The van der Waals surface area contributed by atoms with E-state index in [1.54, 1.807) is 6.07 Å². The van der Waals surface area contributed by atoms with Crippen LogP contribution >= 0.6 is 22.9 Å². The third-order valence-corrected chi connectivity index (χ3v) is 14.6. The van der Waals surface area contributed by atoms with E-state index in [9.17, 15) is 13.6 Å². The number of rotatable bonds is 6. The zero-order valence-electron chi connectivity index (χ0n) is 29.0. The van der Waals surface area contributed by atoms with Gasteiger partial charge in [0.25, 0.3) is 0 Å².